The highest BCUT2D eigenvalue weighted by molar-refractivity contribution is 7.99. The Labute approximate surface area is 207 Å². The molecule has 178 valence electrons. The Morgan fingerprint density at radius 3 is 2.17 bits per heavy atom. The van der Waals surface area contributed by atoms with E-state index in [9.17, 15) is 19.5 Å². The molecule has 0 radical (unpaired) electrons. The number of carboxylic acids is 1. The second kappa shape index (κ2) is 9.84. The van der Waals surface area contributed by atoms with Crippen molar-refractivity contribution < 1.29 is 24.2 Å². The minimum absolute atomic E-state index is 0.106. The highest BCUT2D eigenvalue weighted by Gasteiger charge is 2.39. The first-order chi connectivity index (χ1) is 17.0. The Hall–Kier alpha value is -3.78. The number of ether oxygens (including phenoxy) is 1. The summed E-state index contributed by atoms with van der Waals surface area (Å²) >= 11 is 1.37. The molecule has 5 rings (SSSR count). The molecule has 1 aliphatic carbocycles. The number of nitrogens with one attached hydrogen (secondary N) is 1. The lowest BCUT2D eigenvalue weighted by molar-refractivity contribution is -0.148. The Morgan fingerprint density at radius 2 is 1.54 bits per heavy atom. The van der Waals surface area contributed by atoms with E-state index >= 15 is 0 Å². The van der Waals surface area contributed by atoms with Crippen LogP contribution in [0.1, 0.15) is 28.7 Å². The molecule has 0 aromatic heterocycles. The summed E-state index contributed by atoms with van der Waals surface area (Å²) in [4.78, 5) is 39.2. The van der Waals surface area contributed by atoms with Crippen LogP contribution in [0.4, 0.5) is 4.79 Å². The highest BCUT2D eigenvalue weighted by atomic mass is 32.2. The summed E-state index contributed by atoms with van der Waals surface area (Å²) in [6, 6.07) is 22.9. The van der Waals surface area contributed by atoms with E-state index in [1.165, 1.54) is 16.7 Å². The number of hydrogen-bond acceptors (Lipinski definition) is 5. The zero-order chi connectivity index (χ0) is 24.4. The summed E-state index contributed by atoms with van der Waals surface area (Å²) in [5.41, 5.74) is 5.00. The molecule has 0 spiro atoms. The standard InChI is InChI=1S/C27H24N2O5S/c30-25(29-16-35-15-23(29)26(31)32)24(17-8-2-1-3-9-17)28-27(33)34-14-22-20-12-6-4-10-18(20)19-11-5-7-13-21(19)22/h1-13,22-24H,14-16H2,(H,28,33)(H,31,32)/t23?,24-/m1/s1. The summed E-state index contributed by atoms with van der Waals surface area (Å²) in [5, 5.41) is 12.2. The van der Waals surface area contributed by atoms with Crippen molar-refractivity contribution >= 4 is 29.7 Å². The Bertz CT molecular complexity index is 1220. The minimum atomic E-state index is -1.06. The normalized spacial score (nSPS) is 17.4. The number of carbonyl (C=O) groups is 3. The summed E-state index contributed by atoms with van der Waals surface area (Å²) in [5.74, 6) is -1.07. The molecule has 0 bridgehead atoms. The highest BCUT2D eigenvalue weighted by Crippen LogP contribution is 2.44. The maximum Gasteiger partial charge on any atom is 0.408 e. The molecular weight excluding hydrogens is 464 g/mol. The summed E-state index contributed by atoms with van der Waals surface area (Å²) in [6.07, 6.45) is -0.729. The van der Waals surface area contributed by atoms with Gasteiger partial charge in [-0.15, -0.1) is 11.8 Å². The van der Waals surface area contributed by atoms with E-state index in [1.807, 2.05) is 42.5 Å². The molecular formula is C27H24N2O5S. The number of carboxylic acid groups (broad SMARTS) is 1. The summed E-state index contributed by atoms with van der Waals surface area (Å²) in [6.45, 7) is 0.118. The average Bonchev–Trinajstić information content (AvgIpc) is 3.50. The second-order valence-corrected chi connectivity index (χ2v) is 9.48. The van der Waals surface area contributed by atoms with E-state index in [0.29, 0.717) is 11.3 Å². The van der Waals surface area contributed by atoms with Crippen LogP contribution >= 0.6 is 11.8 Å². The van der Waals surface area contributed by atoms with Crippen LogP contribution in [0.25, 0.3) is 11.1 Å². The van der Waals surface area contributed by atoms with Gasteiger partial charge in [-0.25, -0.2) is 9.59 Å². The second-order valence-electron chi connectivity index (χ2n) is 8.48. The van der Waals surface area contributed by atoms with Crippen molar-refractivity contribution in [1.29, 1.82) is 0 Å². The third kappa shape index (κ3) is 4.49. The Kier molecular flexibility index (Phi) is 6.46. The van der Waals surface area contributed by atoms with Gasteiger partial charge >= 0.3 is 12.1 Å². The maximum absolute atomic E-state index is 13.4. The number of rotatable bonds is 6. The molecule has 3 aromatic carbocycles. The van der Waals surface area contributed by atoms with Crippen molar-refractivity contribution in [3.05, 3.63) is 95.6 Å². The molecule has 7 nitrogen and oxygen atoms in total. The smallest absolute Gasteiger partial charge is 0.408 e. The zero-order valence-electron chi connectivity index (χ0n) is 18.8. The molecule has 35 heavy (non-hydrogen) atoms. The van der Waals surface area contributed by atoms with Crippen molar-refractivity contribution in [3.63, 3.8) is 0 Å². The average molecular weight is 489 g/mol. The molecule has 1 saturated heterocycles. The van der Waals surface area contributed by atoms with Gasteiger partial charge in [0.1, 0.15) is 18.7 Å². The van der Waals surface area contributed by atoms with E-state index in [1.54, 1.807) is 24.3 Å². The fourth-order valence-corrected chi connectivity index (χ4v) is 5.88. The maximum atomic E-state index is 13.4. The largest absolute Gasteiger partial charge is 0.480 e. The van der Waals surface area contributed by atoms with Gasteiger partial charge in [0, 0.05) is 11.7 Å². The summed E-state index contributed by atoms with van der Waals surface area (Å²) < 4.78 is 5.64. The quantitative estimate of drug-likeness (QED) is 0.539. The van der Waals surface area contributed by atoms with Crippen molar-refractivity contribution in [2.45, 2.75) is 18.0 Å². The molecule has 3 aromatic rings. The number of thioether (sulfide) groups is 1. The molecule has 2 atom stereocenters. The number of carbonyl (C=O) groups excluding carboxylic acids is 2. The number of benzene rings is 3. The predicted molar refractivity (Wildman–Crippen MR) is 133 cm³/mol. The molecule has 1 aliphatic heterocycles. The first-order valence-electron chi connectivity index (χ1n) is 11.3. The minimum Gasteiger partial charge on any atom is -0.480 e. The lowest BCUT2D eigenvalue weighted by Crippen LogP contribution is -2.48. The van der Waals surface area contributed by atoms with Crippen LogP contribution in [-0.4, -0.2) is 52.3 Å². The van der Waals surface area contributed by atoms with Crippen molar-refractivity contribution in [1.82, 2.24) is 10.2 Å². The van der Waals surface area contributed by atoms with E-state index in [0.717, 1.165) is 22.3 Å². The first kappa shape index (κ1) is 23.0. The van der Waals surface area contributed by atoms with Crippen LogP contribution in [0.5, 0.6) is 0 Å². The number of nitrogens with zero attached hydrogens (tertiary/aromatic N) is 1. The number of aliphatic carboxylic acids is 1. The van der Waals surface area contributed by atoms with E-state index in [4.69, 9.17) is 4.74 Å². The van der Waals surface area contributed by atoms with Gasteiger partial charge in [0.05, 0.1) is 5.88 Å². The SMILES string of the molecule is O=C(N[C@@H](C(=O)N1CSCC1C(=O)O)c1ccccc1)OCC1c2ccccc2-c2ccccc21. The Balaban J connectivity index is 1.33. The third-order valence-electron chi connectivity index (χ3n) is 6.44. The van der Waals surface area contributed by atoms with Gasteiger partial charge < -0.3 is 20.1 Å². The van der Waals surface area contributed by atoms with Gasteiger partial charge in [0.15, 0.2) is 0 Å². The van der Waals surface area contributed by atoms with E-state index in [-0.39, 0.29) is 18.4 Å². The first-order valence-corrected chi connectivity index (χ1v) is 12.5. The van der Waals surface area contributed by atoms with Crippen LogP contribution in [0.15, 0.2) is 78.9 Å². The molecule has 2 amide bonds. The van der Waals surface area contributed by atoms with Gasteiger partial charge in [0.25, 0.3) is 5.91 Å². The predicted octanol–water partition coefficient (Wildman–Crippen LogP) is 4.25. The zero-order valence-corrected chi connectivity index (χ0v) is 19.6. The number of hydrogen-bond donors (Lipinski definition) is 2. The Morgan fingerprint density at radius 1 is 0.943 bits per heavy atom. The van der Waals surface area contributed by atoms with Crippen LogP contribution in [0.2, 0.25) is 0 Å². The molecule has 0 saturated carbocycles. The van der Waals surface area contributed by atoms with E-state index < -0.39 is 30.1 Å². The van der Waals surface area contributed by atoms with Gasteiger partial charge in [0.2, 0.25) is 0 Å². The molecule has 1 fully saturated rings. The monoisotopic (exact) mass is 488 g/mol. The van der Waals surface area contributed by atoms with Gasteiger partial charge in [-0.3, -0.25) is 4.79 Å². The van der Waals surface area contributed by atoms with Crippen molar-refractivity contribution in [2.75, 3.05) is 18.2 Å². The molecule has 2 aliphatic rings. The number of fused-ring (bicyclic) bond motifs is 3. The fourth-order valence-electron chi connectivity index (χ4n) is 4.72. The van der Waals surface area contributed by atoms with Crippen LogP contribution in [0, 0.1) is 0 Å². The van der Waals surface area contributed by atoms with Gasteiger partial charge in [-0.05, 0) is 27.8 Å². The molecule has 2 N–H and O–H groups in total. The van der Waals surface area contributed by atoms with E-state index in [2.05, 4.69) is 17.4 Å². The lowest BCUT2D eigenvalue weighted by atomic mass is 9.98. The number of alkyl carbamates (subject to hydrolysis) is 1. The fraction of sp³-hybridized carbons (Fsp3) is 0.222. The molecule has 8 heteroatoms. The molecule has 1 heterocycles. The lowest BCUT2D eigenvalue weighted by Gasteiger charge is -2.27. The van der Waals surface area contributed by atoms with Crippen molar-refractivity contribution in [2.24, 2.45) is 0 Å². The summed E-state index contributed by atoms with van der Waals surface area (Å²) in [7, 11) is 0. The third-order valence-corrected chi connectivity index (χ3v) is 7.45. The van der Waals surface area contributed by atoms with Crippen LogP contribution in [-0.2, 0) is 14.3 Å². The van der Waals surface area contributed by atoms with Crippen molar-refractivity contribution in [3.8, 4) is 11.1 Å². The molecule has 1 unspecified atom stereocenters. The van der Waals surface area contributed by atoms with Gasteiger partial charge in [-0.1, -0.05) is 78.9 Å². The van der Waals surface area contributed by atoms with Gasteiger partial charge in [-0.2, -0.15) is 0 Å². The van der Waals surface area contributed by atoms with Crippen LogP contribution in [0.3, 0.4) is 0 Å². The van der Waals surface area contributed by atoms with Crippen LogP contribution < -0.4 is 5.32 Å². The topological polar surface area (TPSA) is 95.9 Å². The number of amides is 2.